The summed E-state index contributed by atoms with van der Waals surface area (Å²) in [6.07, 6.45) is 1.69. The van der Waals surface area contributed by atoms with Gasteiger partial charge in [0.25, 0.3) is 5.91 Å². The highest BCUT2D eigenvalue weighted by molar-refractivity contribution is 7.16. The summed E-state index contributed by atoms with van der Waals surface area (Å²) >= 11 is 1.15. The Morgan fingerprint density at radius 2 is 2.12 bits per heavy atom. The smallest absolute Gasteiger partial charge is 0.308 e. The van der Waals surface area contributed by atoms with Gasteiger partial charge in [-0.1, -0.05) is 35.6 Å². The van der Waals surface area contributed by atoms with Gasteiger partial charge in [0.05, 0.1) is 10.2 Å². The van der Waals surface area contributed by atoms with Gasteiger partial charge in [-0.2, -0.15) is 0 Å². The van der Waals surface area contributed by atoms with Gasteiger partial charge in [-0.3, -0.25) is 14.2 Å². The molecule has 0 fully saturated rings. The molecule has 0 bridgehead atoms. The van der Waals surface area contributed by atoms with Crippen molar-refractivity contribution < 1.29 is 9.53 Å². The maximum Gasteiger partial charge on any atom is 0.308 e. The quantitative estimate of drug-likeness (QED) is 0.689. The van der Waals surface area contributed by atoms with Crippen molar-refractivity contribution in [3.8, 4) is 5.75 Å². The lowest BCUT2D eigenvalue weighted by Gasteiger charge is -2.09. The van der Waals surface area contributed by atoms with Crippen LogP contribution in [0.3, 0.4) is 0 Å². The fourth-order valence-corrected chi connectivity index (χ4v) is 3.44. The lowest BCUT2D eigenvalue weighted by atomic mass is 10.2. The van der Waals surface area contributed by atoms with E-state index >= 15 is 0 Å². The van der Waals surface area contributed by atoms with Crippen molar-refractivity contribution >= 4 is 33.1 Å². The molecule has 0 aliphatic rings. The van der Waals surface area contributed by atoms with E-state index in [9.17, 15) is 9.59 Å². The second-order valence-electron chi connectivity index (χ2n) is 5.55. The monoisotopic (exact) mass is 354 g/mol. The molecule has 6 heteroatoms. The SMILES string of the molecule is C=CCn1c(=O)sc2cc(NC(=O)COc3ccccc3C)ccc21. The van der Waals surface area contributed by atoms with Crippen molar-refractivity contribution in [3.05, 3.63) is 70.4 Å². The molecule has 25 heavy (non-hydrogen) atoms. The van der Waals surface area contributed by atoms with E-state index in [0.29, 0.717) is 18.0 Å². The Balaban J connectivity index is 1.70. The van der Waals surface area contributed by atoms with E-state index in [4.69, 9.17) is 4.74 Å². The molecular formula is C19H18N2O3S. The van der Waals surface area contributed by atoms with Gasteiger partial charge in [0.2, 0.25) is 0 Å². The predicted molar refractivity (Wildman–Crippen MR) is 102 cm³/mol. The number of fused-ring (bicyclic) bond motifs is 1. The molecule has 3 rings (SSSR count). The van der Waals surface area contributed by atoms with E-state index in [0.717, 1.165) is 27.1 Å². The van der Waals surface area contributed by atoms with Crippen LogP contribution < -0.4 is 14.9 Å². The third-order valence-electron chi connectivity index (χ3n) is 3.72. The molecule has 0 atom stereocenters. The number of nitrogens with zero attached hydrogens (tertiary/aromatic N) is 1. The first-order chi connectivity index (χ1) is 12.1. The maximum atomic E-state index is 12.1. The van der Waals surface area contributed by atoms with Crippen LogP contribution in [-0.2, 0) is 11.3 Å². The van der Waals surface area contributed by atoms with Gasteiger partial charge >= 0.3 is 4.87 Å². The highest BCUT2D eigenvalue weighted by Gasteiger charge is 2.09. The van der Waals surface area contributed by atoms with Crippen molar-refractivity contribution in [1.82, 2.24) is 4.57 Å². The van der Waals surface area contributed by atoms with Gasteiger partial charge < -0.3 is 10.1 Å². The van der Waals surface area contributed by atoms with Crippen LogP contribution >= 0.6 is 11.3 Å². The number of benzene rings is 2. The normalized spacial score (nSPS) is 10.6. The summed E-state index contributed by atoms with van der Waals surface area (Å²) in [6, 6.07) is 12.9. The first-order valence-electron chi connectivity index (χ1n) is 7.81. The van der Waals surface area contributed by atoms with Crippen LogP contribution in [0.4, 0.5) is 5.69 Å². The van der Waals surface area contributed by atoms with Gasteiger partial charge in [0.15, 0.2) is 6.61 Å². The average molecular weight is 354 g/mol. The Labute approximate surface area is 149 Å². The topological polar surface area (TPSA) is 60.3 Å². The number of amides is 1. The number of carbonyl (C=O) groups excluding carboxylic acids is 1. The maximum absolute atomic E-state index is 12.1. The van der Waals surface area contributed by atoms with Crippen LogP contribution in [0.25, 0.3) is 10.2 Å². The third-order valence-corrected chi connectivity index (χ3v) is 4.66. The minimum Gasteiger partial charge on any atom is -0.483 e. The first kappa shape index (κ1) is 17.0. The minimum absolute atomic E-state index is 0.0405. The summed E-state index contributed by atoms with van der Waals surface area (Å²) in [4.78, 5) is 24.0. The third kappa shape index (κ3) is 3.80. The summed E-state index contributed by atoms with van der Waals surface area (Å²) in [6.45, 7) is 5.99. The van der Waals surface area contributed by atoms with Crippen LogP contribution in [0, 0.1) is 6.92 Å². The number of ether oxygens (including phenoxy) is 1. The van der Waals surface area contributed by atoms with E-state index in [-0.39, 0.29) is 17.4 Å². The highest BCUT2D eigenvalue weighted by atomic mass is 32.1. The molecule has 1 amide bonds. The van der Waals surface area contributed by atoms with Gasteiger partial charge in [-0.15, -0.1) is 6.58 Å². The molecule has 0 aliphatic carbocycles. The molecule has 1 aromatic heterocycles. The minimum atomic E-state index is -0.250. The lowest BCUT2D eigenvalue weighted by Crippen LogP contribution is -2.20. The van der Waals surface area contributed by atoms with Crippen LogP contribution in [0.1, 0.15) is 5.56 Å². The van der Waals surface area contributed by atoms with Gasteiger partial charge in [-0.25, -0.2) is 0 Å². The predicted octanol–water partition coefficient (Wildman–Crippen LogP) is 3.57. The number of nitrogens with one attached hydrogen (secondary N) is 1. The molecule has 0 saturated heterocycles. The number of hydrogen-bond acceptors (Lipinski definition) is 4. The van der Waals surface area contributed by atoms with E-state index < -0.39 is 0 Å². The molecule has 0 radical (unpaired) electrons. The highest BCUT2D eigenvalue weighted by Crippen LogP contribution is 2.22. The number of thiazole rings is 1. The number of carbonyl (C=O) groups is 1. The van der Waals surface area contributed by atoms with Gasteiger partial charge in [0.1, 0.15) is 5.75 Å². The largest absolute Gasteiger partial charge is 0.483 e. The molecule has 0 aliphatic heterocycles. The van der Waals surface area contributed by atoms with Crippen LogP contribution in [-0.4, -0.2) is 17.1 Å². The number of anilines is 1. The summed E-state index contributed by atoms with van der Waals surface area (Å²) in [5, 5.41) is 2.80. The van der Waals surface area contributed by atoms with Crippen molar-refractivity contribution in [3.63, 3.8) is 0 Å². The first-order valence-corrected chi connectivity index (χ1v) is 8.62. The number of hydrogen-bond donors (Lipinski definition) is 1. The van der Waals surface area contributed by atoms with Crippen molar-refractivity contribution in [2.75, 3.05) is 11.9 Å². The lowest BCUT2D eigenvalue weighted by molar-refractivity contribution is -0.118. The molecule has 128 valence electrons. The van der Waals surface area contributed by atoms with Gasteiger partial charge in [0, 0.05) is 12.2 Å². The Bertz CT molecular complexity index is 988. The molecule has 1 heterocycles. The molecule has 0 unspecified atom stereocenters. The molecule has 2 aromatic carbocycles. The second kappa shape index (κ2) is 7.36. The summed E-state index contributed by atoms with van der Waals surface area (Å²) in [5.74, 6) is 0.438. The van der Waals surface area contributed by atoms with Crippen molar-refractivity contribution in [1.29, 1.82) is 0 Å². The zero-order valence-electron chi connectivity index (χ0n) is 13.8. The van der Waals surface area contributed by atoms with E-state index in [2.05, 4.69) is 11.9 Å². The summed E-state index contributed by atoms with van der Waals surface area (Å²) in [5.41, 5.74) is 2.45. The van der Waals surface area contributed by atoms with E-state index in [1.165, 1.54) is 0 Å². The van der Waals surface area contributed by atoms with Crippen LogP contribution in [0.5, 0.6) is 5.75 Å². The number of allylic oxidation sites excluding steroid dienone is 1. The Hall–Kier alpha value is -2.86. The number of aromatic nitrogens is 1. The van der Waals surface area contributed by atoms with Gasteiger partial charge in [-0.05, 0) is 36.8 Å². The Morgan fingerprint density at radius 3 is 2.88 bits per heavy atom. The molecule has 5 nitrogen and oxygen atoms in total. The molecule has 0 spiro atoms. The average Bonchev–Trinajstić information content (AvgIpc) is 2.89. The van der Waals surface area contributed by atoms with Crippen molar-refractivity contribution in [2.45, 2.75) is 13.5 Å². The number of aryl methyl sites for hydroxylation is 1. The number of para-hydroxylation sites is 1. The molecule has 0 saturated carbocycles. The standard InChI is InChI=1S/C19H18N2O3S/c1-3-10-21-15-9-8-14(11-17(15)25-19(21)23)20-18(22)12-24-16-7-5-4-6-13(16)2/h3-9,11H,1,10,12H2,2H3,(H,20,22). The second-order valence-corrected chi connectivity index (χ2v) is 6.55. The molecular weight excluding hydrogens is 336 g/mol. The van der Waals surface area contributed by atoms with Crippen molar-refractivity contribution in [2.24, 2.45) is 0 Å². The fourth-order valence-electron chi connectivity index (χ4n) is 2.50. The molecule has 1 N–H and O–H groups in total. The summed E-state index contributed by atoms with van der Waals surface area (Å²) < 4.78 is 8.02. The Morgan fingerprint density at radius 1 is 1.32 bits per heavy atom. The van der Waals surface area contributed by atoms with Crippen LogP contribution in [0.2, 0.25) is 0 Å². The number of rotatable bonds is 6. The molecule has 3 aromatic rings. The van der Waals surface area contributed by atoms with E-state index in [1.807, 2.05) is 37.3 Å². The summed E-state index contributed by atoms with van der Waals surface area (Å²) in [7, 11) is 0. The van der Waals surface area contributed by atoms with Crippen LogP contribution in [0.15, 0.2) is 59.9 Å². The fraction of sp³-hybridized carbons (Fsp3) is 0.158. The zero-order chi connectivity index (χ0) is 17.8. The zero-order valence-corrected chi connectivity index (χ0v) is 14.6. The van der Waals surface area contributed by atoms with E-state index in [1.54, 1.807) is 22.8 Å². The Kier molecular flexibility index (Phi) is 5.00.